The second-order valence-electron chi connectivity index (χ2n) is 5.46. The van der Waals surface area contributed by atoms with Gasteiger partial charge in [0.25, 0.3) is 5.56 Å². The molecule has 1 aliphatic rings. The third-order valence-corrected chi connectivity index (χ3v) is 3.82. The van der Waals surface area contributed by atoms with Crippen LogP contribution < -0.4 is 5.56 Å². The average molecular weight is 269 g/mol. The highest BCUT2D eigenvalue weighted by atomic mass is 16.1. The molecule has 4 heteroatoms. The Morgan fingerprint density at radius 3 is 2.90 bits per heavy atom. The van der Waals surface area contributed by atoms with Gasteiger partial charge in [-0.1, -0.05) is 30.3 Å². The highest BCUT2D eigenvalue weighted by molar-refractivity contribution is 5.16. The first kappa shape index (κ1) is 13.1. The summed E-state index contributed by atoms with van der Waals surface area (Å²) in [7, 11) is 0. The molecule has 1 atom stereocenters. The van der Waals surface area contributed by atoms with Crippen LogP contribution in [0.4, 0.5) is 0 Å². The summed E-state index contributed by atoms with van der Waals surface area (Å²) >= 11 is 0. The maximum absolute atomic E-state index is 11.5. The first-order chi connectivity index (χ1) is 9.70. The maximum Gasteiger partial charge on any atom is 0.251 e. The number of H-pyrrole nitrogens is 1. The molecule has 1 fully saturated rings. The number of aromatic nitrogens is 2. The van der Waals surface area contributed by atoms with Crippen molar-refractivity contribution in [3.05, 3.63) is 63.8 Å². The van der Waals surface area contributed by atoms with Gasteiger partial charge in [-0.15, -0.1) is 0 Å². The predicted octanol–water partition coefficient (Wildman–Crippen LogP) is 2.07. The Morgan fingerprint density at radius 1 is 1.35 bits per heavy atom. The van der Waals surface area contributed by atoms with E-state index < -0.39 is 0 Å². The fourth-order valence-electron chi connectivity index (χ4n) is 2.87. The second kappa shape index (κ2) is 5.59. The lowest BCUT2D eigenvalue weighted by Crippen LogP contribution is -2.20. The molecular weight excluding hydrogens is 250 g/mol. The molecule has 2 aromatic rings. The summed E-state index contributed by atoms with van der Waals surface area (Å²) in [5, 5.41) is 0. The monoisotopic (exact) mass is 269 g/mol. The standard InChI is InChI=1S/C16H19N3O/c1-12-17-15(9-16(20)18-12)14-7-8-19(11-14)10-13-5-3-2-4-6-13/h2-6,9,14H,7-8,10-11H2,1H3,(H,17,18,20). The van der Waals surface area contributed by atoms with Crippen molar-refractivity contribution < 1.29 is 0 Å². The molecule has 1 aromatic carbocycles. The van der Waals surface area contributed by atoms with E-state index in [0.29, 0.717) is 11.7 Å². The molecule has 0 amide bonds. The molecule has 1 unspecified atom stereocenters. The summed E-state index contributed by atoms with van der Waals surface area (Å²) in [4.78, 5) is 21.1. The minimum Gasteiger partial charge on any atom is -0.311 e. The Morgan fingerprint density at radius 2 is 2.15 bits per heavy atom. The molecular formula is C16H19N3O. The van der Waals surface area contributed by atoms with Gasteiger partial charge in [-0.25, -0.2) is 4.98 Å². The van der Waals surface area contributed by atoms with Crippen LogP contribution in [0.3, 0.4) is 0 Å². The molecule has 1 N–H and O–H groups in total. The zero-order chi connectivity index (χ0) is 13.9. The molecule has 3 rings (SSSR count). The Balaban J connectivity index is 1.69. The van der Waals surface area contributed by atoms with Gasteiger partial charge in [-0.3, -0.25) is 9.69 Å². The molecule has 104 valence electrons. The topological polar surface area (TPSA) is 49.0 Å². The maximum atomic E-state index is 11.5. The van der Waals surface area contributed by atoms with Crippen LogP contribution in [0.15, 0.2) is 41.2 Å². The summed E-state index contributed by atoms with van der Waals surface area (Å²) < 4.78 is 0. The summed E-state index contributed by atoms with van der Waals surface area (Å²) in [6.45, 7) is 4.85. The lowest BCUT2D eigenvalue weighted by molar-refractivity contribution is 0.326. The van der Waals surface area contributed by atoms with E-state index in [0.717, 1.165) is 31.7 Å². The summed E-state index contributed by atoms with van der Waals surface area (Å²) in [6.07, 6.45) is 1.07. The Hall–Kier alpha value is -1.94. The first-order valence-electron chi connectivity index (χ1n) is 7.05. The first-order valence-corrected chi connectivity index (χ1v) is 7.05. The largest absolute Gasteiger partial charge is 0.311 e. The predicted molar refractivity (Wildman–Crippen MR) is 78.7 cm³/mol. The molecule has 0 aliphatic carbocycles. The molecule has 0 spiro atoms. The Kier molecular flexibility index (Phi) is 3.65. The van der Waals surface area contributed by atoms with E-state index >= 15 is 0 Å². The number of hydrogen-bond donors (Lipinski definition) is 1. The van der Waals surface area contributed by atoms with Crippen LogP contribution >= 0.6 is 0 Å². The lowest BCUT2D eigenvalue weighted by atomic mass is 10.0. The zero-order valence-corrected chi connectivity index (χ0v) is 11.7. The number of aromatic amines is 1. The number of aryl methyl sites for hydroxylation is 1. The molecule has 20 heavy (non-hydrogen) atoms. The highest BCUT2D eigenvalue weighted by Crippen LogP contribution is 2.26. The molecule has 1 saturated heterocycles. The molecule has 0 radical (unpaired) electrons. The van der Waals surface area contributed by atoms with Crippen molar-refractivity contribution in [1.82, 2.24) is 14.9 Å². The third kappa shape index (κ3) is 2.96. The molecule has 2 heterocycles. The van der Waals surface area contributed by atoms with E-state index in [1.807, 2.05) is 13.0 Å². The Bertz CT molecular complexity index is 636. The minimum atomic E-state index is -0.0472. The van der Waals surface area contributed by atoms with Crippen LogP contribution in [0.5, 0.6) is 0 Å². The molecule has 0 saturated carbocycles. The van der Waals surface area contributed by atoms with Crippen LogP contribution in [0, 0.1) is 6.92 Å². The number of benzene rings is 1. The van der Waals surface area contributed by atoms with Gasteiger partial charge in [0.05, 0.1) is 5.69 Å². The van der Waals surface area contributed by atoms with Gasteiger partial charge >= 0.3 is 0 Å². The van der Waals surface area contributed by atoms with Crippen LogP contribution in [0.25, 0.3) is 0 Å². The van der Waals surface area contributed by atoms with Gasteiger partial charge in [0.2, 0.25) is 0 Å². The van der Waals surface area contributed by atoms with Crippen molar-refractivity contribution in [3.8, 4) is 0 Å². The molecule has 1 aliphatic heterocycles. The quantitative estimate of drug-likeness (QED) is 0.928. The van der Waals surface area contributed by atoms with Crippen molar-refractivity contribution in [2.45, 2.75) is 25.8 Å². The van der Waals surface area contributed by atoms with Crippen molar-refractivity contribution in [1.29, 1.82) is 0 Å². The van der Waals surface area contributed by atoms with Crippen molar-refractivity contribution in [2.75, 3.05) is 13.1 Å². The lowest BCUT2D eigenvalue weighted by Gasteiger charge is -2.16. The Labute approximate surface area is 118 Å². The van der Waals surface area contributed by atoms with E-state index in [1.165, 1.54) is 5.56 Å². The van der Waals surface area contributed by atoms with Gasteiger partial charge < -0.3 is 4.98 Å². The number of nitrogens with one attached hydrogen (secondary N) is 1. The van der Waals surface area contributed by atoms with Gasteiger partial charge in [0.15, 0.2) is 0 Å². The summed E-state index contributed by atoms with van der Waals surface area (Å²) in [5.74, 6) is 1.08. The summed E-state index contributed by atoms with van der Waals surface area (Å²) in [5.41, 5.74) is 2.22. The van der Waals surface area contributed by atoms with Gasteiger partial charge in [0, 0.05) is 25.1 Å². The second-order valence-corrected chi connectivity index (χ2v) is 5.46. The summed E-state index contributed by atoms with van der Waals surface area (Å²) in [6, 6.07) is 12.1. The number of nitrogens with zero attached hydrogens (tertiary/aromatic N) is 2. The fraction of sp³-hybridized carbons (Fsp3) is 0.375. The zero-order valence-electron chi connectivity index (χ0n) is 11.7. The van der Waals surface area contributed by atoms with E-state index in [4.69, 9.17) is 0 Å². The molecule has 4 nitrogen and oxygen atoms in total. The van der Waals surface area contributed by atoms with Crippen LogP contribution in [-0.2, 0) is 6.54 Å². The highest BCUT2D eigenvalue weighted by Gasteiger charge is 2.25. The van der Waals surface area contributed by atoms with E-state index in [1.54, 1.807) is 6.07 Å². The van der Waals surface area contributed by atoms with Gasteiger partial charge in [-0.05, 0) is 25.5 Å². The minimum absolute atomic E-state index is 0.0472. The SMILES string of the molecule is Cc1nc(C2CCN(Cc3ccccc3)C2)cc(=O)[nH]1. The molecule has 1 aromatic heterocycles. The van der Waals surface area contributed by atoms with Crippen LogP contribution in [0.1, 0.15) is 29.4 Å². The van der Waals surface area contributed by atoms with Crippen LogP contribution in [0.2, 0.25) is 0 Å². The van der Waals surface area contributed by atoms with E-state index in [-0.39, 0.29) is 5.56 Å². The fourth-order valence-corrected chi connectivity index (χ4v) is 2.87. The van der Waals surface area contributed by atoms with E-state index in [9.17, 15) is 4.79 Å². The van der Waals surface area contributed by atoms with Crippen molar-refractivity contribution >= 4 is 0 Å². The average Bonchev–Trinajstić information content (AvgIpc) is 2.87. The number of hydrogen-bond acceptors (Lipinski definition) is 3. The van der Waals surface area contributed by atoms with Crippen LogP contribution in [-0.4, -0.2) is 28.0 Å². The number of likely N-dealkylation sites (tertiary alicyclic amines) is 1. The molecule has 0 bridgehead atoms. The van der Waals surface area contributed by atoms with E-state index in [2.05, 4.69) is 39.1 Å². The van der Waals surface area contributed by atoms with Crippen molar-refractivity contribution in [2.24, 2.45) is 0 Å². The van der Waals surface area contributed by atoms with Crippen molar-refractivity contribution in [3.63, 3.8) is 0 Å². The van der Waals surface area contributed by atoms with Gasteiger partial charge in [0.1, 0.15) is 5.82 Å². The normalized spacial score (nSPS) is 19.4. The van der Waals surface area contributed by atoms with Gasteiger partial charge in [-0.2, -0.15) is 0 Å². The smallest absolute Gasteiger partial charge is 0.251 e. The number of rotatable bonds is 3. The third-order valence-electron chi connectivity index (χ3n) is 3.82.